The SMILES string of the molecule is CCC(=O)N[C@@H](C(=O)N1CCS(=O)(=O)CC1)[C@@H](C)c1ccc(NC(=O)[C@@H](NC(=O)c2ccnn2CC)C2CCC(C)CC2)c(F)c1. The van der Waals surface area contributed by atoms with Crippen LogP contribution in [0.15, 0.2) is 30.5 Å². The maximum atomic E-state index is 15.6. The van der Waals surface area contributed by atoms with E-state index in [1.54, 1.807) is 30.7 Å². The van der Waals surface area contributed by atoms with Crippen molar-refractivity contribution in [2.45, 2.75) is 84.3 Å². The van der Waals surface area contributed by atoms with Gasteiger partial charge < -0.3 is 20.9 Å². The van der Waals surface area contributed by atoms with Gasteiger partial charge in [-0.3, -0.25) is 23.9 Å². The third kappa shape index (κ3) is 8.51. The van der Waals surface area contributed by atoms with Crippen molar-refractivity contribution in [2.75, 3.05) is 29.9 Å². The fourth-order valence-electron chi connectivity index (χ4n) is 6.13. The smallest absolute Gasteiger partial charge is 0.270 e. The first-order chi connectivity index (χ1) is 21.8. The number of anilines is 1. The van der Waals surface area contributed by atoms with Crippen molar-refractivity contribution in [1.29, 1.82) is 0 Å². The van der Waals surface area contributed by atoms with Gasteiger partial charge in [-0.15, -0.1) is 0 Å². The first-order valence-corrected chi connectivity index (χ1v) is 17.9. The topological polar surface area (TPSA) is 160 Å². The van der Waals surface area contributed by atoms with E-state index in [-0.39, 0.29) is 48.5 Å². The molecule has 1 aliphatic heterocycles. The Morgan fingerprint density at radius 2 is 1.70 bits per heavy atom. The normalized spacial score (nSPS) is 21.5. The number of aromatic nitrogens is 2. The molecule has 12 nitrogen and oxygen atoms in total. The van der Waals surface area contributed by atoms with E-state index in [1.807, 2.05) is 6.92 Å². The lowest BCUT2D eigenvalue weighted by Crippen LogP contribution is -2.54. The summed E-state index contributed by atoms with van der Waals surface area (Å²) in [7, 11) is -3.23. The molecular formula is C32H45FN6O6S. The van der Waals surface area contributed by atoms with Crippen LogP contribution in [0.4, 0.5) is 10.1 Å². The van der Waals surface area contributed by atoms with Crippen molar-refractivity contribution in [3.05, 3.63) is 47.5 Å². The van der Waals surface area contributed by atoms with Gasteiger partial charge in [-0.05, 0) is 55.4 Å². The third-order valence-corrected chi connectivity index (χ3v) is 10.8. The first kappa shape index (κ1) is 35.1. The molecule has 1 aliphatic carbocycles. The second-order valence-corrected chi connectivity index (χ2v) is 14.7. The fraction of sp³-hybridized carbons (Fsp3) is 0.594. The van der Waals surface area contributed by atoms with Gasteiger partial charge in [0, 0.05) is 38.2 Å². The van der Waals surface area contributed by atoms with Crippen molar-refractivity contribution in [3.63, 3.8) is 0 Å². The molecular weight excluding hydrogens is 615 g/mol. The molecule has 2 aromatic rings. The molecule has 14 heteroatoms. The van der Waals surface area contributed by atoms with Crippen LogP contribution in [0.1, 0.15) is 81.8 Å². The van der Waals surface area contributed by atoms with Gasteiger partial charge in [0.15, 0.2) is 9.84 Å². The molecule has 0 spiro atoms. The average Bonchev–Trinajstić information content (AvgIpc) is 3.52. The maximum Gasteiger partial charge on any atom is 0.270 e. The van der Waals surface area contributed by atoms with E-state index < -0.39 is 51.4 Å². The Kier molecular flexibility index (Phi) is 11.6. The van der Waals surface area contributed by atoms with Crippen LogP contribution in [0.5, 0.6) is 0 Å². The predicted octanol–water partition coefficient (Wildman–Crippen LogP) is 2.86. The summed E-state index contributed by atoms with van der Waals surface area (Å²) in [6.07, 6.45) is 4.97. The largest absolute Gasteiger partial charge is 0.344 e. The Bertz CT molecular complexity index is 1520. The summed E-state index contributed by atoms with van der Waals surface area (Å²) < 4.78 is 40.9. The molecule has 252 valence electrons. The van der Waals surface area contributed by atoms with Gasteiger partial charge in [0.25, 0.3) is 5.91 Å². The second kappa shape index (κ2) is 15.2. The first-order valence-electron chi connectivity index (χ1n) is 16.0. The average molecular weight is 661 g/mol. The van der Waals surface area contributed by atoms with Crippen LogP contribution in [-0.4, -0.2) is 83.4 Å². The van der Waals surface area contributed by atoms with Gasteiger partial charge in [-0.2, -0.15) is 5.10 Å². The van der Waals surface area contributed by atoms with Crippen molar-refractivity contribution < 1.29 is 32.0 Å². The Morgan fingerprint density at radius 3 is 2.30 bits per heavy atom. The van der Waals surface area contributed by atoms with E-state index in [9.17, 15) is 27.6 Å². The molecule has 4 rings (SSSR count). The lowest BCUT2D eigenvalue weighted by Gasteiger charge is -2.33. The molecule has 0 radical (unpaired) electrons. The van der Waals surface area contributed by atoms with Crippen molar-refractivity contribution >= 4 is 39.2 Å². The quantitative estimate of drug-likeness (QED) is 0.334. The number of amides is 4. The minimum atomic E-state index is -3.23. The van der Waals surface area contributed by atoms with Gasteiger partial charge in [0.1, 0.15) is 23.6 Å². The Hall–Kier alpha value is -3.81. The van der Waals surface area contributed by atoms with Crippen LogP contribution >= 0.6 is 0 Å². The third-order valence-electron chi connectivity index (χ3n) is 9.19. The Labute approximate surface area is 269 Å². The Balaban J connectivity index is 1.52. The number of carbonyl (C=O) groups is 4. The standard InChI is InChI=1S/C32H45FN6O6S/c1-5-27(40)36-28(32(43)38-15-17-46(44,45)18-16-38)21(4)23-11-12-25(24(33)19-23)35-31(42)29(22-9-7-20(3)8-10-22)37-30(41)26-13-14-34-39(26)6-2/h11-14,19-22,28-29H,5-10,15-18H2,1-4H3,(H,35,42)(H,36,40)(H,37,41)/t20?,21-,22?,28+,29-/m0/s1. The zero-order valence-corrected chi connectivity index (χ0v) is 27.7. The number of hydrogen-bond donors (Lipinski definition) is 3. The van der Waals surface area contributed by atoms with E-state index in [2.05, 4.69) is 28.0 Å². The number of carbonyl (C=O) groups excluding carboxylic acids is 4. The summed E-state index contributed by atoms with van der Waals surface area (Å²) in [6, 6.07) is 3.86. The molecule has 1 saturated heterocycles. The van der Waals surface area contributed by atoms with Gasteiger partial charge in [-0.1, -0.05) is 39.7 Å². The van der Waals surface area contributed by atoms with Crippen LogP contribution < -0.4 is 16.0 Å². The number of halogens is 1. The highest BCUT2D eigenvalue weighted by Crippen LogP contribution is 2.32. The summed E-state index contributed by atoms with van der Waals surface area (Å²) in [4.78, 5) is 54.1. The molecule has 2 aliphatic rings. The van der Waals surface area contributed by atoms with E-state index in [0.29, 0.717) is 23.7 Å². The number of aryl methyl sites for hydroxylation is 1. The highest BCUT2D eigenvalue weighted by atomic mass is 32.2. The van der Waals surface area contributed by atoms with E-state index in [1.165, 1.54) is 23.2 Å². The lowest BCUT2D eigenvalue weighted by molar-refractivity contribution is -0.136. The number of nitrogens with zero attached hydrogens (tertiary/aromatic N) is 3. The molecule has 1 saturated carbocycles. The molecule has 3 N–H and O–H groups in total. The van der Waals surface area contributed by atoms with Gasteiger partial charge in [0.05, 0.1) is 17.2 Å². The van der Waals surface area contributed by atoms with Crippen LogP contribution in [0, 0.1) is 17.7 Å². The molecule has 2 heterocycles. The monoisotopic (exact) mass is 660 g/mol. The van der Waals surface area contributed by atoms with Crippen LogP contribution in [0.3, 0.4) is 0 Å². The Morgan fingerprint density at radius 1 is 1.02 bits per heavy atom. The lowest BCUT2D eigenvalue weighted by atomic mass is 9.79. The van der Waals surface area contributed by atoms with Crippen molar-refractivity contribution in [3.8, 4) is 0 Å². The molecule has 0 bridgehead atoms. The maximum absolute atomic E-state index is 15.6. The molecule has 1 aromatic carbocycles. The summed E-state index contributed by atoms with van der Waals surface area (Å²) in [5, 5.41) is 12.4. The minimum Gasteiger partial charge on any atom is -0.344 e. The fourth-order valence-corrected chi connectivity index (χ4v) is 7.34. The number of rotatable bonds is 11. The van der Waals surface area contributed by atoms with Crippen molar-refractivity contribution in [1.82, 2.24) is 25.3 Å². The zero-order valence-electron chi connectivity index (χ0n) is 26.9. The minimum absolute atomic E-state index is 0.0180. The van der Waals surface area contributed by atoms with Crippen LogP contribution in [0.25, 0.3) is 0 Å². The van der Waals surface area contributed by atoms with Gasteiger partial charge in [0.2, 0.25) is 17.7 Å². The molecule has 3 atom stereocenters. The highest BCUT2D eigenvalue weighted by molar-refractivity contribution is 7.91. The molecule has 0 unspecified atom stereocenters. The number of sulfone groups is 1. The summed E-state index contributed by atoms with van der Waals surface area (Å²) in [6.45, 7) is 7.87. The van der Waals surface area contributed by atoms with Gasteiger partial charge >= 0.3 is 0 Å². The van der Waals surface area contributed by atoms with Crippen molar-refractivity contribution in [2.24, 2.45) is 11.8 Å². The number of hydrogen-bond acceptors (Lipinski definition) is 7. The van der Waals surface area contributed by atoms with Crippen LogP contribution in [-0.2, 0) is 30.8 Å². The number of benzene rings is 1. The highest BCUT2D eigenvalue weighted by Gasteiger charge is 2.36. The molecule has 2 fully saturated rings. The van der Waals surface area contributed by atoms with E-state index in [4.69, 9.17) is 0 Å². The molecule has 1 aromatic heterocycles. The van der Waals surface area contributed by atoms with Gasteiger partial charge in [-0.25, -0.2) is 12.8 Å². The number of nitrogens with one attached hydrogen (secondary N) is 3. The van der Waals surface area contributed by atoms with E-state index >= 15 is 4.39 Å². The molecule has 4 amide bonds. The van der Waals surface area contributed by atoms with Crippen LogP contribution in [0.2, 0.25) is 0 Å². The predicted molar refractivity (Wildman–Crippen MR) is 171 cm³/mol. The zero-order chi connectivity index (χ0) is 33.6. The van der Waals surface area contributed by atoms with E-state index in [0.717, 1.165) is 25.7 Å². The summed E-state index contributed by atoms with van der Waals surface area (Å²) in [5.41, 5.74) is 0.665. The molecule has 46 heavy (non-hydrogen) atoms. The summed E-state index contributed by atoms with van der Waals surface area (Å²) in [5.74, 6) is -3.09. The summed E-state index contributed by atoms with van der Waals surface area (Å²) >= 11 is 0. The second-order valence-electron chi connectivity index (χ2n) is 12.4.